The summed E-state index contributed by atoms with van der Waals surface area (Å²) in [6, 6.07) is 13.1. The Balaban J connectivity index is 1.87. The van der Waals surface area contributed by atoms with Gasteiger partial charge in [0.25, 0.3) is 10.0 Å². The van der Waals surface area contributed by atoms with Crippen molar-refractivity contribution in [2.75, 3.05) is 29.8 Å². The Morgan fingerprint density at radius 2 is 1.69 bits per heavy atom. The van der Waals surface area contributed by atoms with Crippen molar-refractivity contribution in [2.45, 2.75) is 50.6 Å². The number of rotatable bonds is 6. The molecule has 3 rings (SSSR count). The molecule has 0 aliphatic carbocycles. The zero-order valence-corrected chi connectivity index (χ0v) is 18.6. The SMILES string of the molecule is COc1ccc(NS(=O)(=O)c2ccc(C(C)C)cc2)cc1N1C[C@@H](C)N[C@@H](C)C1. The van der Waals surface area contributed by atoms with Crippen molar-refractivity contribution in [3.8, 4) is 5.75 Å². The summed E-state index contributed by atoms with van der Waals surface area (Å²) in [5, 5.41) is 3.51. The van der Waals surface area contributed by atoms with Gasteiger partial charge in [-0.05, 0) is 55.7 Å². The molecule has 2 N–H and O–H groups in total. The number of methoxy groups -OCH3 is 1. The molecule has 0 aromatic heterocycles. The lowest BCUT2D eigenvalue weighted by atomic mass is 10.0. The van der Waals surface area contributed by atoms with E-state index in [0.717, 1.165) is 30.1 Å². The zero-order valence-electron chi connectivity index (χ0n) is 17.8. The second-order valence-electron chi connectivity index (χ2n) is 8.09. The van der Waals surface area contributed by atoms with Gasteiger partial charge in [-0.2, -0.15) is 0 Å². The normalized spacial score (nSPS) is 20.0. The number of hydrogen-bond donors (Lipinski definition) is 2. The van der Waals surface area contributed by atoms with Gasteiger partial charge < -0.3 is 15.0 Å². The van der Waals surface area contributed by atoms with E-state index in [2.05, 4.69) is 42.6 Å². The molecule has 6 nitrogen and oxygen atoms in total. The third-order valence-electron chi connectivity index (χ3n) is 5.19. The predicted octanol–water partition coefficient (Wildman–Crippen LogP) is 3.81. The molecule has 1 saturated heterocycles. The second kappa shape index (κ2) is 8.63. The van der Waals surface area contributed by atoms with Crippen LogP contribution in [0.4, 0.5) is 11.4 Å². The second-order valence-corrected chi connectivity index (χ2v) is 9.77. The predicted molar refractivity (Wildman–Crippen MR) is 119 cm³/mol. The molecule has 0 spiro atoms. The molecular formula is C22H31N3O3S. The van der Waals surface area contributed by atoms with Gasteiger partial charge >= 0.3 is 0 Å². The van der Waals surface area contributed by atoms with Gasteiger partial charge in [0.05, 0.1) is 23.4 Å². The lowest BCUT2D eigenvalue weighted by molar-refractivity contribution is 0.391. The van der Waals surface area contributed by atoms with Crippen LogP contribution >= 0.6 is 0 Å². The molecule has 0 bridgehead atoms. The van der Waals surface area contributed by atoms with Crippen LogP contribution in [0.1, 0.15) is 39.2 Å². The van der Waals surface area contributed by atoms with Gasteiger partial charge in [-0.25, -0.2) is 8.42 Å². The Hall–Kier alpha value is -2.25. The Morgan fingerprint density at radius 1 is 1.07 bits per heavy atom. The van der Waals surface area contributed by atoms with Crippen LogP contribution in [0.5, 0.6) is 5.75 Å². The number of ether oxygens (including phenoxy) is 1. The molecule has 2 atom stereocenters. The van der Waals surface area contributed by atoms with Gasteiger partial charge in [0.2, 0.25) is 0 Å². The quantitative estimate of drug-likeness (QED) is 0.748. The highest BCUT2D eigenvalue weighted by atomic mass is 32.2. The molecule has 1 fully saturated rings. The van der Waals surface area contributed by atoms with Crippen molar-refractivity contribution in [3.63, 3.8) is 0 Å². The summed E-state index contributed by atoms with van der Waals surface area (Å²) >= 11 is 0. The highest BCUT2D eigenvalue weighted by Gasteiger charge is 2.24. The van der Waals surface area contributed by atoms with Crippen molar-refractivity contribution >= 4 is 21.4 Å². The van der Waals surface area contributed by atoms with Crippen LogP contribution in [-0.4, -0.2) is 40.7 Å². The monoisotopic (exact) mass is 417 g/mol. The van der Waals surface area contributed by atoms with Crippen LogP contribution in [0.15, 0.2) is 47.4 Å². The van der Waals surface area contributed by atoms with Gasteiger partial charge in [-0.3, -0.25) is 4.72 Å². The molecule has 1 aliphatic rings. The lowest BCUT2D eigenvalue weighted by Gasteiger charge is -2.38. The minimum atomic E-state index is -3.67. The van der Waals surface area contributed by atoms with Crippen LogP contribution in [0.2, 0.25) is 0 Å². The van der Waals surface area contributed by atoms with Crippen LogP contribution in [-0.2, 0) is 10.0 Å². The first-order valence-electron chi connectivity index (χ1n) is 10.0. The molecule has 1 heterocycles. The van der Waals surface area contributed by atoms with Gasteiger partial charge in [0, 0.05) is 25.2 Å². The summed E-state index contributed by atoms with van der Waals surface area (Å²) in [4.78, 5) is 2.49. The Morgan fingerprint density at radius 3 is 2.24 bits per heavy atom. The number of benzene rings is 2. The minimum absolute atomic E-state index is 0.253. The van der Waals surface area contributed by atoms with E-state index in [4.69, 9.17) is 4.74 Å². The molecule has 0 saturated carbocycles. The highest BCUT2D eigenvalue weighted by molar-refractivity contribution is 7.92. The molecule has 2 aromatic carbocycles. The molecule has 2 aromatic rings. The number of sulfonamides is 1. The number of nitrogens with one attached hydrogen (secondary N) is 2. The summed E-state index contributed by atoms with van der Waals surface area (Å²) in [6.45, 7) is 10.1. The number of nitrogens with zero attached hydrogens (tertiary/aromatic N) is 1. The average Bonchev–Trinajstić information content (AvgIpc) is 2.67. The third-order valence-corrected chi connectivity index (χ3v) is 6.58. The van der Waals surface area contributed by atoms with Gasteiger partial charge in [0.15, 0.2) is 0 Å². The van der Waals surface area contributed by atoms with Gasteiger partial charge in [-0.15, -0.1) is 0 Å². The van der Waals surface area contributed by atoms with E-state index in [1.54, 1.807) is 25.3 Å². The van der Waals surface area contributed by atoms with Crippen molar-refractivity contribution in [1.82, 2.24) is 5.32 Å². The molecule has 0 unspecified atom stereocenters. The zero-order chi connectivity index (χ0) is 21.2. The van der Waals surface area contributed by atoms with Crippen molar-refractivity contribution < 1.29 is 13.2 Å². The fourth-order valence-corrected chi connectivity index (χ4v) is 4.82. The fraction of sp³-hybridized carbons (Fsp3) is 0.455. The highest BCUT2D eigenvalue weighted by Crippen LogP contribution is 2.33. The maximum absolute atomic E-state index is 12.9. The fourth-order valence-electron chi connectivity index (χ4n) is 3.77. The Kier molecular flexibility index (Phi) is 6.39. The van der Waals surface area contributed by atoms with E-state index >= 15 is 0 Å². The molecular weight excluding hydrogens is 386 g/mol. The van der Waals surface area contributed by atoms with Crippen molar-refractivity contribution in [2.24, 2.45) is 0 Å². The first-order chi connectivity index (χ1) is 13.7. The molecule has 1 aliphatic heterocycles. The van der Waals surface area contributed by atoms with E-state index in [9.17, 15) is 8.42 Å². The van der Waals surface area contributed by atoms with Crippen molar-refractivity contribution in [3.05, 3.63) is 48.0 Å². The largest absolute Gasteiger partial charge is 0.495 e. The van der Waals surface area contributed by atoms with E-state index in [1.165, 1.54) is 0 Å². The number of piperazine rings is 1. The smallest absolute Gasteiger partial charge is 0.261 e. The van der Waals surface area contributed by atoms with Crippen LogP contribution in [0, 0.1) is 0 Å². The summed E-state index contributed by atoms with van der Waals surface area (Å²) in [6.07, 6.45) is 0. The van der Waals surface area contributed by atoms with Crippen LogP contribution < -0.4 is 19.7 Å². The van der Waals surface area contributed by atoms with E-state index in [-0.39, 0.29) is 4.90 Å². The number of hydrogen-bond acceptors (Lipinski definition) is 5. The summed E-state index contributed by atoms with van der Waals surface area (Å²) in [5.74, 6) is 1.09. The molecule has 7 heteroatoms. The van der Waals surface area contributed by atoms with E-state index < -0.39 is 10.0 Å². The molecule has 29 heavy (non-hydrogen) atoms. The summed E-state index contributed by atoms with van der Waals surface area (Å²) in [7, 11) is -2.03. The van der Waals surface area contributed by atoms with Gasteiger partial charge in [0.1, 0.15) is 5.75 Å². The first kappa shape index (κ1) is 21.5. The van der Waals surface area contributed by atoms with Crippen LogP contribution in [0.3, 0.4) is 0 Å². The van der Waals surface area contributed by atoms with Crippen LogP contribution in [0.25, 0.3) is 0 Å². The summed E-state index contributed by atoms with van der Waals surface area (Å²) < 4.78 is 34.0. The minimum Gasteiger partial charge on any atom is -0.495 e. The third kappa shape index (κ3) is 5.03. The van der Waals surface area contributed by atoms with Gasteiger partial charge in [-0.1, -0.05) is 26.0 Å². The Labute approximate surface area is 174 Å². The topological polar surface area (TPSA) is 70.7 Å². The average molecular weight is 418 g/mol. The molecule has 0 radical (unpaired) electrons. The maximum atomic E-state index is 12.9. The maximum Gasteiger partial charge on any atom is 0.261 e. The van der Waals surface area contributed by atoms with E-state index in [0.29, 0.717) is 23.7 Å². The molecule has 0 amide bonds. The Bertz CT molecular complexity index is 932. The first-order valence-corrected chi connectivity index (χ1v) is 11.5. The lowest BCUT2D eigenvalue weighted by Crippen LogP contribution is -2.54. The number of anilines is 2. The summed E-state index contributed by atoms with van der Waals surface area (Å²) in [5.41, 5.74) is 2.52. The standard InChI is InChI=1S/C22H31N3O3S/c1-15(2)18-6-9-20(10-7-18)29(26,27)24-19-8-11-22(28-5)21(12-19)25-13-16(3)23-17(4)14-25/h6-12,15-17,23-24H,13-14H2,1-5H3/t16-,17+. The van der Waals surface area contributed by atoms with E-state index in [1.807, 2.05) is 24.3 Å². The van der Waals surface area contributed by atoms with Crippen molar-refractivity contribution in [1.29, 1.82) is 0 Å². The molecule has 158 valence electrons.